The minimum atomic E-state index is -0.781. The molecule has 3 atom stereocenters. The second-order valence-electron chi connectivity index (χ2n) is 10.5. The first kappa shape index (κ1) is 28.1. The number of carbonyl (C=O) groups excluding carboxylic acids is 4. The van der Waals surface area contributed by atoms with E-state index in [9.17, 15) is 19.2 Å². The molecule has 3 amide bonds. The summed E-state index contributed by atoms with van der Waals surface area (Å²) in [5.41, 5.74) is 1.50. The number of nitrogens with one attached hydrogen (secondary N) is 1. The molecule has 0 spiro atoms. The van der Waals surface area contributed by atoms with E-state index in [1.54, 1.807) is 41.3 Å². The average molecular weight is 535 g/mol. The van der Waals surface area contributed by atoms with E-state index in [1.807, 2.05) is 32.0 Å². The monoisotopic (exact) mass is 534 g/mol. The predicted molar refractivity (Wildman–Crippen MR) is 149 cm³/mol. The highest BCUT2D eigenvalue weighted by Gasteiger charge is 2.52. The third-order valence-electron chi connectivity index (χ3n) is 7.46. The van der Waals surface area contributed by atoms with Crippen LogP contribution in [0.15, 0.2) is 54.6 Å². The zero-order chi connectivity index (χ0) is 28.1. The van der Waals surface area contributed by atoms with Gasteiger partial charge >= 0.3 is 6.09 Å². The van der Waals surface area contributed by atoms with Gasteiger partial charge in [-0.1, -0.05) is 32.0 Å². The predicted octanol–water partition coefficient (Wildman–Crippen LogP) is 3.73. The number of ether oxygens (including phenoxy) is 1. The van der Waals surface area contributed by atoms with Crippen molar-refractivity contribution in [2.45, 2.75) is 58.7 Å². The number of likely N-dealkylation sites (tertiary alicyclic amines) is 2. The maximum atomic E-state index is 13.7. The largest absolute Gasteiger partial charge is 0.415 e. The number of para-hydroxylation sites is 1. The number of Topliss-reactive ketones (excluding diaryl/α,β-unsaturated/α-hetero) is 1. The number of ketones is 1. The molecule has 1 N–H and O–H groups in total. The van der Waals surface area contributed by atoms with E-state index in [0.29, 0.717) is 30.7 Å². The van der Waals surface area contributed by atoms with Crippen LogP contribution in [0.5, 0.6) is 5.75 Å². The second kappa shape index (κ2) is 12.3. The lowest BCUT2D eigenvalue weighted by molar-refractivity contribution is -0.138. The molecule has 0 saturated carbocycles. The number of amides is 3. The Balaban J connectivity index is 1.45. The average Bonchev–Trinajstić information content (AvgIpc) is 3.50. The summed E-state index contributed by atoms with van der Waals surface area (Å²) in [4.78, 5) is 57.9. The molecule has 9 nitrogen and oxygen atoms in total. The van der Waals surface area contributed by atoms with E-state index >= 15 is 0 Å². The van der Waals surface area contributed by atoms with Crippen molar-refractivity contribution in [2.24, 2.45) is 5.92 Å². The number of benzene rings is 2. The summed E-state index contributed by atoms with van der Waals surface area (Å²) in [5.74, 6) is -0.288. The lowest BCUT2D eigenvalue weighted by Crippen LogP contribution is -2.53. The van der Waals surface area contributed by atoms with Crippen LogP contribution in [-0.2, 0) is 9.59 Å². The fraction of sp³-hybridized carbons (Fsp3) is 0.467. The van der Waals surface area contributed by atoms with Gasteiger partial charge in [-0.2, -0.15) is 0 Å². The summed E-state index contributed by atoms with van der Waals surface area (Å²) < 4.78 is 5.46. The van der Waals surface area contributed by atoms with Crippen molar-refractivity contribution < 1.29 is 23.9 Å². The lowest BCUT2D eigenvalue weighted by atomic mass is 10.0. The molecule has 2 aliphatic heterocycles. The molecule has 2 aromatic rings. The zero-order valence-electron chi connectivity index (χ0n) is 23.1. The molecule has 0 bridgehead atoms. The van der Waals surface area contributed by atoms with E-state index in [-0.39, 0.29) is 30.1 Å². The number of rotatable bonds is 9. The highest BCUT2D eigenvalue weighted by molar-refractivity contribution is 6.00. The molecule has 0 aliphatic carbocycles. The summed E-state index contributed by atoms with van der Waals surface area (Å²) in [6, 6.07) is 14.1. The first-order valence-corrected chi connectivity index (χ1v) is 13.8. The second-order valence-corrected chi connectivity index (χ2v) is 10.5. The molecule has 2 aromatic carbocycles. The Kier molecular flexibility index (Phi) is 8.89. The topological polar surface area (TPSA) is 99.3 Å². The van der Waals surface area contributed by atoms with Crippen LogP contribution in [0.3, 0.4) is 0 Å². The Labute approximate surface area is 230 Å². The summed E-state index contributed by atoms with van der Waals surface area (Å²) >= 11 is 0. The van der Waals surface area contributed by atoms with Crippen LogP contribution in [-0.4, -0.2) is 77.8 Å². The smallest absolute Gasteiger partial charge is 0.410 e. The Bertz CT molecular complexity index is 1180. The van der Waals surface area contributed by atoms with Crippen LogP contribution in [0.4, 0.5) is 10.5 Å². The summed E-state index contributed by atoms with van der Waals surface area (Å²) in [6.45, 7) is 10.1. The quantitative estimate of drug-likeness (QED) is 0.526. The standard InChI is InChI=1S/C30H38N4O5/c1-5-32(6-2)22-14-12-21(13-15-22)28(36)31-24(18-20(3)4)29(37)33-17-16-25-27(33)26(35)19-34(25)30(38)39-23-10-8-7-9-11-23/h7-15,20,24-25,27H,5-6,16-19H2,1-4H3,(H,31,36). The zero-order valence-corrected chi connectivity index (χ0v) is 23.1. The Morgan fingerprint density at radius 3 is 2.28 bits per heavy atom. The number of anilines is 1. The number of hydrogen-bond acceptors (Lipinski definition) is 6. The molecule has 208 valence electrons. The van der Waals surface area contributed by atoms with Crippen LogP contribution in [0.25, 0.3) is 0 Å². The van der Waals surface area contributed by atoms with Crippen LogP contribution in [0, 0.1) is 5.92 Å². The van der Waals surface area contributed by atoms with E-state index in [1.165, 1.54) is 4.90 Å². The first-order valence-electron chi connectivity index (χ1n) is 13.8. The highest BCUT2D eigenvalue weighted by Crippen LogP contribution is 2.31. The molecule has 3 unspecified atom stereocenters. The van der Waals surface area contributed by atoms with E-state index < -0.39 is 24.2 Å². The van der Waals surface area contributed by atoms with E-state index in [2.05, 4.69) is 24.1 Å². The lowest BCUT2D eigenvalue weighted by Gasteiger charge is -2.29. The van der Waals surface area contributed by atoms with Gasteiger partial charge in [0.1, 0.15) is 17.8 Å². The molecule has 2 saturated heterocycles. The van der Waals surface area contributed by atoms with Gasteiger partial charge in [0, 0.05) is 30.9 Å². The SMILES string of the molecule is CCN(CC)c1ccc(C(=O)NC(CC(C)C)C(=O)N2CCC3C2C(=O)CN3C(=O)Oc2ccccc2)cc1. The first-order chi connectivity index (χ1) is 18.7. The van der Waals surface area contributed by atoms with Crippen LogP contribution in [0.2, 0.25) is 0 Å². The summed E-state index contributed by atoms with van der Waals surface area (Å²) in [7, 11) is 0. The van der Waals surface area contributed by atoms with Gasteiger partial charge in [0.15, 0.2) is 5.78 Å². The minimum absolute atomic E-state index is 0.106. The fourth-order valence-electron chi connectivity index (χ4n) is 5.51. The van der Waals surface area contributed by atoms with Gasteiger partial charge in [0.2, 0.25) is 5.91 Å². The maximum Gasteiger partial charge on any atom is 0.415 e. The van der Waals surface area contributed by atoms with Crippen molar-refractivity contribution in [1.82, 2.24) is 15.1 Å². The molecule has 4 rings (SSSR count). The highest BCUT2D eigenvalue weighted by atomic mass is 16.6. The van der Waals surface area contributed by atoms with Gasteiger partial charge in [0.05, 0.1) is 12.6 Å². The molecular weight excluding hydrogens is 496 g/mol. The number of hydrogen-bond donors (Lipinski definition) is 1. The Morgan fingerprint density at radius 2 is 1.67 bits per heavy atom. The van der Waals surface area contributed by atoms with Crippen molar-refractivity contribution in [3.8, 4) is 5.75 Å². The fourth-order valence-corrected chi connectivity index (χ4v) is 5.51. The van der Waals surface area contributed by atoms with Crippen molar-refractivity contribution in [3.63, 3.8) is 0 Å². The Hall–Kier alpha value is -3.88. The van der Waals surface area contributed by atoms with Gasteiger partial charge in [-0.05, 0) is 69.0 Å². The molecule has 39 heavy (non-hydrogen) atoms. The molecule has 9 heteroatoms. The van der Waals surface area contributed by atoms with Crippen molar-refractivity contribution in [2.75, 3.05) is 31.1 Å². The molecule has 0 radical (unpaired) electrons. The summed E-state index contributed by atoms with van der Waals surface area (Å²) in [6.07, 6.45) is 0.307. The van der Waals surface area contributed by atoms with Crippen molar-refractivity contribution >= 4 is 29.4 Å². The summed E-state index contributed by atoms with van der Waals surface area (Å²) in [5, 5.41) is 2.92. The van der Waals surface area contributed by atoms with Crippen molar-refractivity contribution in [1.29, 1.82) is 0 Å². The molecule has 2 heterocycles. The van der Waals surface area contributed by atoms with Gasteiger partial charge in [-0.15, -0.1) is 0 Å². The third kappa shape index (κ3) is 6.24. The van der Waals surface area contributed by atoms with Crippen LogP contribution < -0.4 is 15.0 Å². The molecule has 2 aliphatic rings. The van der Waals surface area contributed by atoms with Crippen LogP contribution in [0.1, 0.15) is 50.9 Å². The van der Waals surface area contributed by atoms with Gasteiger partial charge < -0.3 is 19.9 Å². The Morgan fingerprint density at radius 1 is 1.00 bits per heavy atom. The van der Waals surface area contributed by atoms with E-state index in [4.69, 9.17) is 4.74 Å². The van der Waals surface area contributed by atoms with Crippen LogP contribution >= 0.6 is 0 Å². The van der Waals surface area contributed by atoms with E-state index in [0.717, 1.165) is 18.8 Å². The number of nitrogens with zero attached hydrogens (tertiary/aromatic N) is 3. The minimum Gasteiger partial charge on any atom is -0.410 e. The third-order valence-corrected chi connectivity index (χ3v) is 7.46. The maximum absolute atomic E-state index is 13.7. The van der Waals surface area contributed by atoms with Gasteiger partial charge in [0.25, 0.3) is 5.91 Å². The molecular formula is C30H38N4O5. The number of carbonyl (C=O) groups is 4. The molecule has 2 fully saturated rings. The van der Waals surface area contributed by atoms with Gasteiger partial charge in [-0.25, -0.2) is 4.79 Å². The normalized spacial score (nSPS) is 19.2. The molecule has 0 aromatic heterocycles. The van der Waals surface area contributed by atoms with Gasteiger partial charge in [-0.3, -0.25) is 19.3 Å². The van der Waals surface area contributed by atoms with Crippen molar-refractivity contribution in [3.05, 3.63) is 60.2 Å². The number of fused-ring (bicyclic) bond motifs is 1.